The van der Waals surface area contributed by atoms with Crippen molar-refractivity contribution in [2.45, 2.75) is 32.8 Å². The zero-order chi connectivity index (χ0) is 25.6. The summed E-state index contributed by atoms with van der Waals surface area (Å²) in [6, 6.07) is 5.74. The van der Waals surface area contributed by atoms with Crippen molar-refractivity contribution in [3.05, 3.63) is 76.5 Å². The van der Waals surface area contributed by atoms with Crippen molar-refractivity contribution in [3.63, 3.8) is 0 Å². The molecule has 0 saturated heterocycles. The van der Waals surface area contributed by atoms with Crippen molar-refractivity contribution < 1.29 is 50.4 Å². The topological polar surface area (TPSA) is 188 Å². The molecule has 10 nitrogen and oxygen atoms in total. The lowest BCUT2D eigenvalue weighted by molar-refractivity contribution is -0.132. The second-order valence-electron chi connectivity index (χ2n) is 7.38. The summed E-state index contributed by atoms with van der Waals surface area (Å²) in [4.78, 5) is 10.4. The molecule has 0 saturated carbocycles. The Bertz CT molecular complexity index is 1160. The van der Waals surface area contributed by atoms with E-state index in [2.05, 4.69) is 0 Å². The van der Waals surface area contributed by atoms with Gasteiger partial charge in [0.25, 0.3) is 0 Å². The lowest BCUT2D eigenvalue weighted by Crippen LogP contribution is -2.16. The first kappa shape index (κ1) is 25.8. The van der Waals surface area contributed by atoms with Crippen molar-refractivity contribution in [1.82, 2.24) is 0 Å². The molecular formula is C24H26O10. The van der Waals surface area contributed by atoms with Crippen molar-refractivity contribution >= 4 is 5.97 Å². The molecule has 8 N–H and O–H groups in total. The van der Waals surface area contributed by atoms with Gasteiger partial charge >= 0.3 is 5.97 Å². The molecule has 1 aliphatic heterocycles. The van der Waals surface area contributed by atoms with Crippen LogP contribution in [0.5, 0.6) is 28.7 Å². The highest BCUT2D eigenvalue weighted by Gasteiger charge is 2.26. The maximum absolute atomic E-state index is 10.4. The maximum Gasteiger partial charge on any atom is 0.335 e. The number of benzene rings is 2. The predicted octanol–water partition coefficient (Wildman–Crippen LogP) is 4.30. The minimum Gasteiger partial charge on any atom is -0.512 e. The molecule has 2 aromatic rings. The zero-order valence-corrected chi connectivity index (χ0v) is 18.4. The molecule has 10 heteroatoms. The first-order chi connectivity index (χ1) is 16.0. The molecule has 34 heavy (non-hydrogen) atoms. The van der Waals surface area contributed by atoms with Crippen molar-refractivity contribution in [1.29, 1.82) is 0 Å². The second kappa shape index (κ2) is 10.9. The molecule has 1 atom stereocenters. The Morgan fingerprint density at radius 2 is 1.62 bits per heavy atom. The number of aryl methyl sites for hydroxylation is 1. The van der Waals surface area contributed by atoms with Crippen LogP contribution in [0.25, 0.3) is 0 Å². The Balaban J connectivity index is 0.000000273. The van der Waals surface area contributed by atoms with Crippen molar-refractivity contribution in [2.75, 3.05) is 0 Å². The molecule has 182 valence electrons. The van der Waals surface area contributed by atoms with Gasteiger partial charge in [0, 0.05) is 17.7 Å². The van der Waals surface area contributed by atoms with Gasteiger partial charge < -0.3 is 45.6 Å². The van der Waals surface area contributed by atoms with Gasteiger partial charge in [0.05, 0.1) is 5.57 Å². The van der Waals surface area contributed by atoms with E-state index >= 15 is 0 Å². The number of hydrogen-bond acceptors (Lipinski definition) is 9. The largest absolute Gasteiger partial charge is 0.512 e. The predicted molar refractivity (Wildman–Crippen MR) is 121 cm³/mol. The maximum atomic E-state index is 10.4. The molecule has 2 aromatic carbocycles. The van der Waals surface area contributed by atoms with Gasteiger partial charge in [0.2, 0.25) is 0 Å². The van der Waals surface area contributed by atoms with Crippen LogP contribution in [-0.4, -0.2) is 46.8 Å². The Morgan fingerprint density at radius 1 is 0.971 bits per heavy atom. The van der Waals surface area contributed by atoms with E-state index in [0.29, 0.717) is 24.2 Å². The molecular weight excluding hydrogens is 448 g/mol. The fourth-order valence-electron chi connectivity index (χ4n) is 3.28. The number of rotatable bonds is 4. The number of phenols is 4. The molecule has 0 spiro atoms. The number of hydrogen-bond donors (Lipinski definition) is 8. The second-order valence-corrected chi connectivity index (χ2v) is 7.38. The highest BCUT2D eigenvalue weighted by Crippen LogP contribution is 2.43. The van der Waals surface area contributed by atoms with Gasteiger partial charge in [0.1, 0.15) is 29.6 Å². The van der Waals surface area contributed by atoms with Gasteiger partial charge in [-0.2, -0.15) is 0 Å². The summed E-state index contributed by atoms with van der Waals surface area (Å²) >= 11 is 0. The number of aliphatic hydroxyl groups is 3. The smallest absolute Gasteiger partial charge is 0.335 e. The van der Waals surface area contributed by atoms with Gasteiger partial charge in [-0.15, -0.1) is 0 Å². The Hall–Kier alpha value is -4.47. The average molecular weight is 474 g/mol. The van der Waals surface area contributed by atoms with E-state index in [4.69, 9.17) is 25.2 Å². The van der Waals surface area contributed by atoms with Gasteiger partial charge in [-0.05, 0) is 56.0 Å². The molecule has 0 aromatic heterocycles. The molecule has 0 aliphatic carbocycles. The van der Waals surface area contributed by atoms with E-state index < -0.39 is 17.5 Å². The van der Waals surface area contributed by atoms with Crippen LogP contribution in [0, 0.1) is 6.92 Å². The number of aliphatic carboxylic acids is 1. The molecule has 0 radical (unpaired) electrons. The lowest BCUT2D eigenvalue weighted by atomic mass is 9.94. The van der Waals surface area contributed by atoms with Crippen LogP contribution >= 0.6 is 0 Å². The number of aliphatic hydroxyl groups excluding tert-OH is 3. The fourth-order valence-corrected chi connectivity index (χ4v) is 3.28. The first-order valence-electron chi connectivity index (χ1n) is 10.1. The highest BCUT2D eigenvalue weighted by atomic mass is 16.5. The summed E-state index contributed by atoms with van der Waals surface area (Å²) < 4.78 is 5.84. The normalized spacial score (nSPS) is 16.1. The molecule has 1 aliphatic rings. The number of phenolic OH excluding ortho intramolecular Hbond substituents is 4. The van der Waals surface area contributed by atoms with Gasteiger partial charge in [-0.3, -0.25) is 0 Å². The van der Waals surface area contributed by atoms with Crippen LogP contribution < -0.4 is 4.74 Å². The van der Waals surface area contributed by atoms with Crippen LogP contribution in [0.3, 0.4) is 0 Å². The van der Waals surface area contributed by atoms with Gasteiger partial charge in [-0.1, -0.05) is 6.08 Å². The fraction of sp³-hybridized carbons (Fsp3) is 0.208. The van der Waals surface area contributed by atoms with E-state index in [1.807, 2.05) is 6.92 Å². The van der Waals surface area contributed by atoms with Crippen LogP contribution in [0.2, 0.25) is 0 Å². The van der Waals surface area contributed by atoms with E-state index in [1.165, 1.54) is 37.3 Å². The summed E-state index contributed by atoms with van der Waals surface area (Å²) in [5.41, 5.74) is 2.07. The average Bonchev–Trinajstić information content (AvgIpc) is 2.78. The number of fused-ring (bicyclic) bond motifs is 1. The number of carboxylic acids is 1. The third-order valence-electron chi connectivity index (χ3n) is 5.04. The quantitative estimate of drug-likeness (QED) is 0.137. The molecule has 3 rings (SSSR count). The Labute approximate surface area is 194 Å². The monoisotopic (exact) mass is 474 g/mol. The number of aromatic hydroxyl groups is 4. The molecule has 1 heterocycles. The third-order valence-corrected chi connectivity index (χ3v) is 5.04. The lowest BCUT2D eigenvalue weighted by Gasteiger charge is -2.28. The van der Waals surface area contributed by atoms with Gasteiger partial charge in [-0.25, -0.2) is 4.79 Å². The van der Waals surface area contributed by atoms with E-state index in [1.54, 1.807) is 0 Å². The standard InChI is InChI=1S/C16H16O5.C8H10O5/c1-8-4-13(19)14(20)7-11(8)15-3-2-10-12(18)5-9(17)6-16(10)21-15;1-2-5(8(12)13)3-6(10)7(11)4-9/h4-7,15,17-20H,2-3H2,1H3;2-4,9-11H,1H3,(H,12,13)/b;5-2+,6-3+,7-4-. The SMILES string of the molecule is C\C=C(/C=C(O)\C(O)=C\O)C(=O)O.Cc1cc(O)c(O)cc1C1CCc2c(O)cc(O)cc2O1. The number of carbonyl (C=O) groups is 1. The van der Waals surface area contributed by atoms with Crippen molar-refractivity contribution in [2.24, 2.45) is 0 Å². The van der Waals surface area contributed by atoms with E-state index in [0.717, 1.165) is 17.2 Å². The number of carboxylic acid groups (broad SMARTS) is 1. The van der Waals surface area contributed by atoms with E-state index in [-0.39, 0.29) is 40.9 Å². The third kappa shape index (κ3) is 6.06. The summed E-state index contributed by atoms with van der Waals surface area (Å²) in [5.74, 6) is -2.69. The summed E-state index contributed by atoms with van der Waals surface area (Å²) in [6.07, 6.45) is 3.27. The Morgan fingerprint density at radius 3 is 2.21 bits per heavy atom. The first-order valence-corrected chi connectivity index (χ1v) is 10.1. The minimum absolute atomic E-state index is 0.0220. The zero-order valence-electron chi connectivity index (χ0n) is 18.4. The van der Waals surface area contributed by atoms with Crippen LogP contribution in [-0.2, 0) is 11.2 Å². The molecule has 0 amide bonds. The minimum atomic E-state index is -1.24. The molecule has 0 bridgehead atoms. The van der Waals surface area contributed by atoms with Crippen LogP contribution in [0.4, 0.5) is 0 Å². The summed E-state index contributed by atoms with van der Waals surface area (Å²) in [7, 11) is 0. The summed E-state index contributed by atoms with van der Waals surface area (Å²) in [6.45, 7) is 3.29. The highest BCUT2D eigenvalue weighted by molar-refractivity contribution is 5.89. The van der Waals surface area contributed by atoms with Crippen molar-refractivity contribution in [3.8, 4) is 28.7 Å². The van der Waals surface area contributed by atoms with Gasteiger partial charge in [0.15, 0.2) is 23.0 Å². The molecule has 1 unspecified atom stereocenters. The Kier molecular flexibility index (Phi) is 8.27. The number of allylic oxidation sites excluding steroid dienone is 1. The molecule has 0 fully saturated rings. The van der Waals surface area contributed by atoms with Crippen LogP contribution in [0.1, 0.15) is 36.1 Å². The summed E-state index contributed by atoms with van der Waals surface area (Å²) in [5, 5.41) is 72.9. The van der Waals surface area contributed by atoms with Crippen LogP contribution in [0.15, 0.2) is 59.8 Å². The number of ether oxygens (including phenoxy) is 1. The van der Waals surface area contributed by atoms with E-state index in [9.17, 15) is 25.2 Å².